The molecule has 10 heteroatoms. The Hall–Kier alpha value is -3.33. The Kier molecular flexibility index (Phi) is 6.92. The topological polar surface area (TPSA) is 58.6 Å². The van der Waals surface area contributed by atoms with Crippen molar-refractivity contribution in [2.75, 3.05) is 37.7 Å². The van der Waals surface area contributed by atoms with E-state index in [-0.39, 0.29) is 12.5 Å². The summed E-state index contributed by atoms with van der Waals surface area (Å²) >= 11 is 5.85. The van der Waals surface area contributed by atoms with E-state index < -0.39 is 11.7 Å². The fourth-order valence-electron chi connectivity index (χ4n) is 3.60. The van der Waals surface area contributed by atoms with Gasteiger partial charge in [-0.1, -0.05) is 23.7 Å². The third-order valence-electron chi connectivity index (χ3n) is 5.44. The van der Waals surface area contributed by atoms with E-state index in [0.29, 0.717) is 59.9 Å². The number of piperazine rings is 1. The number of halogens is 4. The predicted molar refractivity (Wildman–Crippen MR) is 123 cm³/mol. The number of aromatic nitrogens is 2. The van der Waals surface area contributed by atoms with Gasteiger partial charge in [0.15, 0.2) is 12.4 Å². The number of aryl methyl sites for hydroxylation is 1. The molecule has 0 unspecified atom stereocenters. The first-order chi connectivity index (χ1) is 16.2. The van der Waals surface area contributed by atoms with Crippen molar-refractivity contribution in [2.45, 2.75) is 13.1 Å². The Morgan fingerprint density at radius 1 is 1.00 bits per heavy atom. The number of amides is 1. The lowest BCUT2D eigenvalue weighted by molar-refractivity contribution is -0.137. The summed E-state index contributed by atoms with van der Waals surface area (Å²) in [6.45, 7) is 3.88. The highest BCUT2D eigenvalue weighted by Crippen LogP contribution is 2.31. The van der Waals surface area contributed by atoms with Gasteiger partial charge in [0.25, 0.3) is 5.91 Å². The number of anilines is 1. The van der Waals surface area contributed by atoms with Crippen molar-refractivity contribution in [1.29, 1.82) is 0 Å². The molecule has 2 aromatic carbocycles. The summed E-state index contributed by atoms with van der Waals surface area (Å²) in [5, 5.41) is 0.594. The van der Waals surface area contributed by atoms with Gasteiger partial charge in [-0.15, -0.1) is 0 Å². The van der Waals surface area contributed by atoms with Gasteiger partial charge < -0.3 is 14.5 Å². The number of hydrogen-bond acceptors (Lipinski definition) is 5. The summed E-state index contributed by atoms with van der Waals surface area (Å²) in [4.78, 5) is 25.2. The third kappa shape index (κ3) is 5.77. The first-order valence-electron chi connectivity index (χ1n) is 10.6. The number of hydrogen-bond donors (Lipinski definition) is 0. The van der Waals surface area contributed by atoms with Gasteiger partial charge in [-0.3, -0.25) is 4.79 Å². The van der Waals surface area contributed by atoms with Crippen molar-refractivity contribution in [2.24, 2.45) is 0 Å². The molecular formula is C24H22ClF3N4O2. The lowest BCUT2D eigenvalue weighted by atomic mass is 10.1. The van der Waals surface area contributed by atoms with Gasteiger partial charge in [-0.25, -0.2) is 9.97 Å². The molecule has 1 aromatic heterocycles. The van der Waals surface area contributed by atoms with Gasteiger partial charge in [0, 0.05) is 48.5 Å². The predicted octanol–water partition coefficient (Wildman–Crippen LogP) is 4.85. The molecule has 6 nitrogen and oxygen atoms in total. The molecule has 0 aliphatic carbocycles. The van der Waals surface area contributed by atoms with Gasteiger partial charge in [0.05, 0.1) is 5.56 Å². The van der Waals surface area contributed by atoms with Gasteiger partial charge in [-0.05, 0) is 43.3 Å². The summed E-state index contributed by atoms with van der Waals surface area (Å²) in [5.41, 5.74) is 0.492. The molecule has 1 saturated heterocycles. The molecule has 178 valence electrons. The van der Waals surface area contributed by atoms with Gasteiger partial charge in [0.1, 0.15) is 11.6 Å². The van der Waals surface area contributed by atoms with Crippen LogP contribution in [0.4, 0.5) is 19.0 Å². The second-order valence-electron chi connectivity index (χ2n) is 7.88. The van der Waals surface area contributed by atoms with Crippen molar-refractivity contribution in [3.63, 3.8) is 0 Å². The minimum absolute atomic E-state index is 0.0632. The highest BCUT2D eigenvalue weighted by atomic mass is 35.5. The fraction of sp³-hybridized carbons (Fsp3) is 0.292. The largest absolute Gasteiger partial charge is 0.484 e. The van der Waals surface area contributed by atoms with E-state index in [1.807, 2.05) is 17.9 Å². The van der Waals surface area contributed by atoms with Crippen LogP contribution in [-0.4, -0.2) is 53.6 Å². The van der Waals surface area contributed by atoms with Crippen molar-refractivity contribution >= 4 is 23.3 Å². The maximum absolute atomic E-state index is 12.9. The number of nitrogens with zero attached hydrogens (tertiary/aromatic N) is 4. The van der Waals surface area contributed by atoms with E-state index in [1.165, 1.54) is 12.1 Å². The van der Waals surface area contributed by atoms with E-state index in [0.717, 1.165) is 12.1 Å². The van der Waals surface area contributed by atoms with Crippen molar-refractivity contribution in [1.82, 2.24) is 14.9 Å². The first kappa shape index (κ1) is 23.8. The Morgan fingerprint density at radius 3 is 2.26 bits per heavy atom. The summed E-state index contributed by atoms with van der Waals surface area (Å²) in [7, 11) is 0. The van der Waals surface area contributed by atoms with E-state index in [1.54, 1.807) is 29.2 Å². The Balaban J connectivity index is 1.38. The minimum atomic E-state index is -4.39. The Bertz CT molecular complexity index is 1150. The van der Waals surface area contributed by atoms with Gasteiger partial charge in [0.2, 0.25) is 0 Å². The molecule has 0 N–H and O–H groups in total. The number of ether oxygens (including phenoxy) is 1. The molecule has 0 radical (unpaired) electrons. The van der Waals surface area contributed by atoms with E-state index in [9.17, 15) is 18.0 Å². The highest BCUT2D eigenvalue weighted by Gasteiger charge is 2.30. The fourth-order valence-corrected chi connectivity index (χ4v) is 3.73. The average Bonchev–Trinajstić information content (AvgIpc) is 2.83. The molecule has 1 amide bonds. The zero-order valence-electron chi connectivity index (χ0n) is 18.3. The lowest BCUT2D eigenvalue weighted by Gasteiger charge is -2.35. The molecule has 1 aliphatic rings. The quantitative estimate of drug-likeness (QED) is 0.511. The monoisotopic (exact) mass is 490 g/mol. The van der Waals surface area contributed by atoms with Crippen molar-refractivity contribution < 1.29 is 22.7 Å². The summed E-state index contributed by atoms with van der Waals surface area (Å²) in [6.07, 6.45) is -4.39. The molecule has 1 aliphatic heterocycles. The average molecular weight is 491 g/mol. The maximum Gasteiger partial charge on any atom is 0.416 e. The molecule has 3 aromatic rings. The third-order valence-corrected chi connectivity index (χ3v) is 5.70. The SMILES string of the molecule is Cc1cc(N2CCN(C(=O)COc3ccc(Cl)cc3)CC2)nc(-c2ccc(C(F)(F)F)cc2)n1. The van der Waals surface area contributed by atoms with Crippen LogP contribution in [0.2, 0.25) is 5.02 Å². The van der Waals surface area contributed by atoms with Crippen LogP contribution in [0, 0.1) is 6.92 Å². The van der Waals surface area contributed by atoms with E-state index in [4.69, 9.17) is 16.3 Å². The Labute approximate surface area is 199 Å². The number of alkyl halides is 3. The number of carbonyl (C=O) groups is 1. The van der Waals surface area contributed by atoms with Crippen molar-refractivity contribution in [3.05, 3.63) is 70.9 Å². The number of benzene rings is 2. The summed E-state index contributed by atoms with van der Waals surface area (Å²) in [6, 6.07) is 13.4. The van der Waals surface area contributed by atoms with Crippen LogP contribution in [0.3, 0.4) is 0 Å². The second kappa shape index (κ2) is 9.89. The smallest absolute Gasteiger partial charge is 0.416 e. The molecule has 0 saturated carbocycles. The van der Waals surface area contributed by atoms with Crippen LogP contribution in [0.5, 0.6) is 5.75 Å². The summed E-state index contributed by atoms with van der Waals surface area (Å²) < 4.78 is 44.1. The van der Waals surface area contributed by atoms with Crippen LogP contribution in [-0.2, 0) is 11.0 Å². The first-order valence-corrected chi connectivity index (χ1v) is 11.0. The lowest BCUT2D eigenvalue weighted by Crippen LogP contribution is -2.50. The van der Waals surface area contributed by atoms with Crippen molar-refractivity contribution in [3.8, 4) is 17.1 Å². The molecule has 2 heterocycles. The van der Waals surface area contributed by atoms with Crippen LogP contribution in [0.15, 0.2) is 54.6 Å². The van der Waals surface area contributed by atoms with Crippen LogP contribution < -0.4 is 9.64 Å². The van der Waals surface area contributed by atoms with Gasteiger partial charge in [-0.2, -0.15) is 13.2 Å². The van der Waals surface area contributed by atoms with E-state index in [2.05, 4.69) is 9.97 Å². The molecule has 0 spiro atoms. The normalized spacial score (nSPS) is 14.3. The standard InChI is InChI=1S/C24H22ClF3N4O2/c1-16-14-21(30-23(29-16)17-2-4-18(5-3-17)24(26,27)28)31-10-12-32(13-11-31)22(33)15-34-20-8-6-19(25)7-9-20/h2-9,14H,10-13,15H2,1H3. The highest BCUT2D eigenvalue weighted by molar-refractivity contribution is 6.30. The number of rotatable bonds is 5. The van der Waals surface area contributed by atoms with Crippen LogP contribution in [0.1, 0.15) is 11.3 Å². The van der Waals surface area contributed by atoms with Gasteiger partial charge >= 0.3 is 6.18 Å². The second-order valence-corrected chi connectivity index (χ2v) is 8.31. The Morgan fingerprint density at radius 2 is 1.65 bits per heavy atom. The molecule has 1 fully saturated rings. The van der Waals surface area contributed by atoms with Crippen LogP contribution in [0.25, 0.3) is 11.4 Å². The molecule has 34 heavy (non-hydrogen) atoms. The molecule has 0 bridgehead atoms. The maximum atomic E-state index is 12.9. The summed E-state index contributed by atoms with van der Waals surface area (Å²) in [5.74, 6) is 1.49. The molecular weight excluding hydrogens is 469 g/mol. The van der Waals surface area contributed by atoms with E-state index >= 15 is 0 Å². The zero-order chi connectivity index (χ0) is 24.3. The minimum Gasteiger partial charge on any atom is -0.484 e. The molecule has 4 rings (SSSR count). The zero-order valence-corrected chi connectivity index (χ0v) is 19.1. The molecule has 0 atom stereocenters. The number of carbonyl (C=O) groups excluding carboxylic acids is 1. The van der Waals surface area contributed by atoms with Crippen LogP contribution >= 0.6 is 11.6 Å².